The molecule has 7 nitrogen and oxygen atoms in total. The molecule has 1 aromatic heterocycles. The minimum atomic E-state index is -0.601. The van der Waals surface area contributed by atoms with Gasteiger partial charge < -0.3 is 14.5 Å². The van der Waals surface area contributed by atoms with Crippen LogP contribution in [0.15, 0.2) is 42.5 Å². The first-order valence-corrected chi connectivity index (χ1v) is 8.61. The van der Waals surface area contributed by atoms with Crippen molar-refractivity contribution in [1.82, 2.24) is 15.8 Å². The second kappa shape index (κ2) is 7.99. The highest BCUT2D eigenvalue weighted by Crippen LogP contribution is 2.28. The lowest BCUT2D eigenvalue weighted by Gasteiger charge is -2.14. The van der Waals surface area contributed by atoms with Crippen LogP contribution in [0, 0.1) is 5.82 Å². The number of aromatic amines is 1. The summed E-state index contributed by atoms with van der Waals surface area (Å²) >= 11 is 0. The van der Waals surface area contributed by atoms with Gasteiger partial charge in [0.2, 0.25) is 0 Å². The number of carbonyl (C=O) groups excluding carboxylic acids is 2. The Kier molecular flexibility index (Phi) is 5.49. The Morgan fingerprint density at radius 3 is 2.46 bits per heavy atom. The third-order valence-electron chi connectivity index (χ3n) is 3.93. The van der Waals surface area contributed by atoms with Gasteiger partial charge in [-0.1, -0.05) is 6.07 Å². The maximum Gasteiger partial charge on any atom is 0.286 e. The smallest absolute Gasteiger partial charge is 0.286 e. The first kappa shape index (κ1) is 19.2. The molecule has 0 bridgehead atoms. The summed E-state index contributed by atoms with van der Waals surface area (Å²) in [7, 11) is 1.47. The van der Waals surface area contributed by atoms with Crippen molar-refractivity contribution in [2.24, 2.45) is 0 Å². The Morgan fingerprint density at radius 1 is 1.04 bits per heavy atom. The molecule has 0 unspecified atom stereocenters. The zero-order valence-corrected chi connectivity index (χ0v) is 15.6. The molecule has 0 radical (unpaired) electrons. The van der Waals surface area contributed by atoms with E-state index in [9.17, 15) is 14.0 Å². The summed E-state index contributed by atoms with van der Waals surface area (Å²) in [4.78, 5) is 27.4. The molecular formula is C20H20FN3O4. The van der Waals surface area contributed by atoms with E-state index >= 15 is 0 Å². The third kappa shape index (κ3) is 4.06. The molecule has 0 saturated carbocycles. The van der Waals surface area contributed by atoms with Crippen LogP contribution >= 0.6 is 0 Å². The van der Waals surface area contributed by atoms with Crippen LogP contribution in [-0.4, -0.2) is 30.0 Å². The van der Waals surface area contributed by atoms with E-state index in [1.807, 2.05) is 13.8 Å². The van der Waals surface area contributed by atoms with Crippen molar-refractivity contribution < 1.29 is 23.5 Å². The fraction of sp³-hybridized carbons (Fsp3) is 0.200. The highest BCUT2D eigenvalue weighted by atomic mass is 19.1. The number of benzene rings is 2. The average molecular weight is 385 g/mol. The lowest BCUT2D eigenvalue weighted by atomic mass is 10.2. The van der Waals surface area contributed by atoms with Crippen molar-refractivity contribution >= 4 is 22.7 Å². The van der Waals surface area contributed by atoms with E-state index in [4.69, 9.17) is 9.47 Å². The molecule has 0 aliphatic carbocycles. The van der Waals surface area contributed by atoms with Gasteiger partial charge in [-0.3, -0.25) is 20.4 Å². The number of nitrogens with one attached hydrogen (secondary N) is 3. The van der Waals surface area contributed by atoms with Crippen LogP contribution in [0.5, 0.6) is 11.5 Å². The van der Waals surface area contributed by atoms with Gasteiger partial charge in [0.05, 0.1) is 13.2 Å². The van der Waals surface area contributed by atoms with Crippen molar-refractivity contribution in [2.45, 2.75) is 20.0 Å². The molecule has 0 atom stereocenters. The first-order valence-electron chi connectivity index (χ1n) is 8.61. The Hall–Kier alpha value is -3.55. The predicted octanol–water partition coefficient (Wildman–Crippen LogP) is 3.18. The number of ether oxygens (including phenoxy) is 2. The zero-order chi connectivity index (χ0) is 20.3. The normalized spacial score (nSPS) is 10.8. The Labute approximate surface area is 160 Å². The van der Waals surface area contributed by atoms with Gasteiger partial charge in [0.1, 0.15) is 11.5 Å². The maximum absolute atomic E-state index is 13.7. The van der Waals surface area contributed by atoms with Gasteiger partial charge in [-0.25, -0.2) is 4.39 Å². The summed E-state index contributed by atoms with van der Waals surface area (Å²) in [5.41, 5.74) is 5.50. The third-order valence-corrected chi connectivity index (χ3v) is 3.93. The Morgan fingerprint density at radius 2 is 1.79 bits per heavy atom. The maximum atomic E-state index is 13.7. The second-order valence-electron chi connectivity index (χ2n) is 6.32. The van der Waals surface area contributed by atoms with Crippen LogP contribution in [0.25, 0.3) is 10.9 Å². The molecule has 0 spiro atoms. The van der Waals surface area contributed by atoms with Gasteiger partial charge >= 0.3 is 0 Å². The van der Waals surface area contributed by atoms with Crippen LogP contribution in [0.4, 0.5) is 4.39 Å². The van der Waals surface area contributed by atoms with E-state index in [0.29, 0.717) is 22.4 Å². The largest absolute Gasteiger partial charge is 0.493 e. The van der Waals surface area contributed by atoms with Crippen LogP contribution in [0.1, 0.15) is 34.7 Å². The molecular weight excluding hydrogens is 365 g/mol. The monoisotopic (exact) mass is 385 g/mol. The summed E-state index contributed by atoms with van der Waals surface area (Å²) in [6.07, 6.45) is -0.0472. The highest BCUT2D eigenvalue weighted by Gasteiger charge is 2.15. The SMILES string of the molecule is COc1cc(C(=O)NNC(=O)c2cc3c(F)cccc3[nH]2)ccc1OC(C)C. The molecule has 0 fully saturated rings. The molecule has 1 heterocycles. The topological polar surface area (TPSA) is 92.5 Å². The van der Waals surface area contributed by atoms with Gasteiger partial charge in [0, 0.05) is 16.5 Å². The number of hydrogen-bond acceptors (Lipinski definition) is 4. The average Bonchev–Trinajstić information content (AvgIpc) is 3.11. The van der Waals surface area contributed by atoms with Crippen molar-refractivity contribution in [3.8, 4) is 11.5 Å². The Bertz CT molecular complexity index is 1030. The van der Waals surface area contributed by atoms with Crippen molar-refractivity contribution in [2.75, 3.05) is 7.11 Å². The standard InChI is InChI=1S/C20H20FN3O4/c1-11(2)28-17-8-7-12(9-18(17)27-3)19(25)23-24-20(26)16-10-13-14(21)5-4-6-15(13)22-16/h4-11,22H,1-3H3,(H,23,25)(H,24,26). The quantitative estimate of drug-likeness (QED) is 0.588. The number of aromatic nitrogens is 1. The van der Waals surface area contributed by atoms with E-state index in [1.165, 1.54) is 31.4 Å². The molecule has 28 heavy (non-hydrogen) atoms. The number of hydrazine groups is 1. The summed E-state index contributed by atoms with van der Waals surface area (Å²) in [5, 5.41) is 0.296. The predicted molar refractivity (Wildman–Crippen MR) is 102 cm³/mol. The fourth-order valence-corrected chi connectivity index (χ4v) is 2.65. The molecule has 3 N–H and O–H groups in total. The molecule has 3 rings (SSSR count). The number of hydrogen-bond donors (Lipinski definition) is 3. The molecule has 0 saturated heterocycles. The lowest BCUT2D eigenvalue weighted by molar-refractivity contribution is 0.0844. The van der Waals surface area contributed by atoms with E-state index in [-0.39, 0.29) is 17.4 Å². The number of H-pyrrole nitrogens is 1. The number of halogens is 1. The first-order chi connectivity index (χ1) is 13.4. The summed E-state index contributed by atoms with van der Waals surface area (Å²) in [6, 6.07) is 10.6. The summed E-state index contributed by atoms with van der Waals surface area (Å²) in [5.74, 6) is -0.662. The van der Waals surface area contributed by atoms with Gasteiger partial charge in [0.25, 0.3) is 11.8 Å². The molecule has 3 aromatic rings. The molecule has 2 aromatic carbocycles. The van der Waals surface area contributed by atoms with Crippen LogP contribution in [0.2, 0.25) is 0 Å². The minimum absolute atomic E-state index is 0.0472. The number of fused-ring (bicyclic) bond motifs is 1. The Balaban J connectivity index is 1.69. The zero-order valence-electron chi connectivity index (χ0n) is 15.6. The van der Waals surface area contributed by atoms with Crippen LogP contribution in [0.3, 0.4) is 0 Å². The van der Waals surface area contributed by atoms with E-state index in [0.717, 1.165) is 0 Å². The highest BCUT2D eigenvalue weighted by molar-refractivity contribution is 6.01. The number of methoxy groups -OCH3 is 1. The van der Waals surface area contributed by atoms with E-state index in [2.05, 4.69) is 15.8 Å². The molecule has 146 valence electrons. The summed E-state index contributed by atoms with van der Waals surface area (Å²) in [6.45, 7) is 3.76. The lowest BCUT2D eigenvalue weighted by Crippen LogP contribution is -2.41. The van der Waals surface area contributed by atoms with E-state index < -0.39 is 17.6 Å². The molecule has 0 aliphatic heterocycles. The van der Waals surface area contributed by atoms with Gasteiger partial charge in [0.15, 0.2) is 11.5 Å². The second-order valence-corrected chi connectivity index (χ2v) is 6.32. The van der Waals surface area contributed by atoms with Crippen molar-refractivity contribution in [3.63, 3.8) is 0 Å². The van der Waals surface area contributed by atoms with Gasteiger partial charge in [-0.05, 0) is 50.2 Å². The minimum Gasteiger partial charge on any atom is -0.493 e. The number of amides is 2. The number of carbonyl (C=O) groups is 2. The van der Waals surface area contributed by atoms with Crippen molar-refractivity contribution in [3.05, 3.63) is 59.5 Å². The summed E-state index contributed by atoms with van der Waals surface area (Å²) < 4.78 is 24.6. The van der Waals surface area contributed by atoms with Crippen LogP contribution in [-0.2, 0) is 0 Å². The molecule has 0 aliphatic rings. The fourth-order valence-electron chi connectivity index (χ4n) is 2.65. The molecule has 2 amide bonds. The van der Waals surface area contributed by atoms with Crippen LogP contribution < -0.4 is 20.3 Å². The number of rotatable bonds is 5. The van der Waals surface area contributed by atoms with Gasteiger partial charge in [-0.15, -0.1) is 0 Å². The van der Waals surface area contributed by atoms with E-state index in [1.54, 1.807) is 18.2 Å². The van der Waals surface area contributed by atoms with Gasteiger partial charge in [-0.2, -0.15) is 0 Å². The van der Waals surface area contributed by atoms with Crippen molar-refractivity contribution in [1.29, 1.82) is 0 Å². The molecule has 8 heteroatoms.